The van der Waals surface area contributed by atoms with Gasteiger partial charge in [-0.25, -0.2) is 0 Å². The maximum Gasteiger partial charge on any atom is 0.109 e. The summed E-state index contributed by atoms with van der Waals surface area (Å²) >= 11 is 0. The Morgan fingerprint density at radius 2 is 2.38 bits per heavy atom. The lowest BCUT2D eigenvalue weighted by atomic mass is 10.3. The quantitative estimate of drug-likeness (QED) is 0.594. The van der Waals surface area contributed by atoms with E-state index in [4.69, 9.17) is 9.84 Å². The number of hydrogen-bond donors (Lipinski definition) is 1. The fourth-order valence-corrected chi connectivity index (χ4v) is 0.304. The van der Waals surface area contributed by atoms with Gasteiger partial charge in [-0.2, -0.15) is 0 Å². The van der Waals surface area contributed by atoms with Crippen LogP contribution in [0.2, 0.25) is 0 Å². The zero-order valence-corrected chi connectivity index (χ0v) is 5.42. The second-order valence-corrected chi connectivity index (χ2v) is 1.70. The van der Waals surface area contributed by atoms with Gasteiger partial charge in [0.05, 0.1) is 12.7 Å². The minimum absolute atomic E-state index is 0.00431. The molecule has 0 aromatic rings. The van der Waals surface area contributed by atoms with Crippen LogP contribution in [-0.2, 0) is 4.74 Å². The van der Waals surface area contributed by atoms with Gasteiger partial charge in [0.15, 0.2) is 0 Å². The summed E-state index contributed by atoms with van der Waals surface area (Å²) < 4.78 is 4.97. The molecule has 2 heteroatoms. The smallest absolute Gasteiger partial charge is 0.109 e. The molecule has 1 unspecified atom stereocenters. The minimum Gasteiger partial charge on any atom is -0.394 e. The lowest BCUT2D eigenvalue weighted by Crippen LogP contribution is -2.05. The Morgan fingerprint density at radius 3 is 2.75 bits per heavy atom. The van der Waals surface area contributed by atoms with Gasteiger partial charge in [0.1, 0.15) is 6.61 Å². The topological polar surface area (TPSA) is 29.5 Å². The van der Waals surface area contributed by atoms with Crippen LogP contribution in [0, 0.1) is 6.61 Å². The molecule has 0 aliphatic carbocycles. The lowest BCUT2D eigenvalue weighted by molar-refractivity contribution is 0.0888. The Labute approximate surface area is 50.5 Å². The maximum absolute atomic E-state index is 8.23. The third-order valence-corrected chi connectivity index (χ3v) is 0.978. The predicted molar refractivity (Wildman–Crippen MR) is 32.2 cm³/mol. The number of aliphatic hydroxyl groups is 1. The molecule has 49 valence electrons. The van der Waals surface area contributed by atoms with E-state index in [1.807, 2.05) is 13.8 Å². The van der Waals surface area contributed by atoms with Crippen LogP contribution in [0.1, 0.15) is 20.3 Å². The second kappa shape index (κ2) is 5.06. The van der Waals surface area contributed by atoms with Crippen molar-refractivity contribution in [3.8, 4) is 0 Å². The molecule has 0 aliphatic rings. The molecule has 0 saturated carbocycles. The fraction of sp³-hybridized carbons (Fsp3) is 0.833. The van der Waals surface area contributed by atoms with Crippen molar-refractivity contribution in [3.05, 3.63) is 6.61 Å². The molecule has 0 saturated heterocycles. The van der Waals surface area contributed by atoms with Crippen molar-refractivity contribution in [1.29, 1.82) is 0 Å². The van der Waals surface area contributed by atoms with Crippen LogP contribution in [0.4, 0.5) is 0 Å². The Kier molecular flexibility index (Phi) is 5.01. The summed E-state index contributed by atoms with van der Waals surface area (Å²) in [4.78, 5) is 0. The van der Waals surface area contributed by atoms with Gasteiger partial charge < -0.3 is 9.84 Å². The van der Waals surface area contributed by atoms with Crippen molar-refractivity contribution >= 4 is 0 Å². The van der Waals surface area contributed by atoms with Crippen LogP contribution in [-0.4, -0.2) is 17.8 Å². The van der Waals surface area contributed by atoms with E-state index >= 15 is 0 Å². The van der Waals surface area contributed by atoms with Crippen molar-refractivity contribution in [2.75, 3.05) is 6.61 Å². The zero-order valence-electron chi connectivity index (χ0n) is 5.42. The van der Waals surface area contributed by atoms with Crippen LogP contribution in [0.25, 0.3) is 0 Å². The summed E-state index contributed by atoms with van der Waals surface area (Å²) in [5.74, 6) is 0. The van der Waals surface area contributed by atoms with Crippen molar-refractivity contribution in [2.24, 2.45) is 0 Å². The molecular weight excluding hydrogens is 104 g/mol. The molecule has 0 heterocycles. The van der Waals surface area contributed by atoms with Gasteiger partial charge in [0, 0.05) is 0 Å². The van der Waals surface area contributed by atoms with E-state index in [1.54, 1.807) is 0 Å². The maximum atomic E-state index is 8.23. The molecule has 2 nitrogen and oxygen atoms in total. The molecule has 0 aliphatic heterocycles. The van der Waals surface area contributed by atoms with Gasteiger partial charge in [-0.15, -0.1) is 0 Å². The van der Waals surface area contributed by atoms with E-state index in [9.17, 15) is 0 Å². The second-order valence-electron chi connectivity index (χ2n) is 1.70. The first-order valence-corrected chi connectivity index (χ1v) is 2.89. The third kappa shape index (κ3) is 4.09. The number of hydrogen-bond acceptors (Lipinski definition) is 2. The van der Waals surface area contributed by atoms with Crippen molar-refractivity contribution in [1.82, 2.24) is 0 Å². The number of aliphatic hydroxyl groups excluding tert-OH is 1. The molecule has 0 spiro atoms. The molecule has 0 rings (SSSR count). The highest BCUT2D eigenvalue weighted by atomic mass is 16.5. The van der Waals surface area contributed by atoms with Crippen LogP contribution >= 0.6 is 0 Å². The van der Waals surface area contributed by atoms with Gasteiger partial charge >= 0.3 is 0 Å². The van der Waals surface area contributed by atoms with Crippen LogP contribution in [0.3, 0.4) is 0 Å². The highest BCUT2D eigenvalue weighted by molar-refractivity contribution is 4.50. The Hall–Kier alpha value is -0.0800. The van der Waals surface area contributed by atoms with E-state index < -0.39 is 0 Å². The Bertz CT molecular complexity index is 45.8. The predicted octanol–water partition coefficient (Wildman–Crippen LogP) is 0.956. The molecule has 8 heavy (non-hydrogen) atoms. The fourth-order valence-electron chi connectivity index (χ4n) is 0.304. The molecule has 1 radical (unpaired) electrons. The van der Waals surface area contributed by atoms with Gasteiger partial charge in [0.2, 0.25) is 0 Å². The summed E-state index contributed by atoms with van der Waals surface area (Å²) in [6.07, 6.45) is 1.22. The first kappa shape index (κ1) is 7.92. The standard InChI is InChI=1S/C6H13O2/c1-3-6(2)8-5-4-7/h5-7H,3-4H2,1-2H3. The van der Waals surface area contributed by atoms with Gasteiger partial charge in [-0.1, -0.05) is 6.92 Å². The largest absolute Gasteiger partial charge is 0.394 e. The number of ether oxygens (including phenoxy) is 1. The Morgan fingerprint density at radius 1 is 1.75 bits per heavy atom. The molecule has 0 bridgehead atoms. The molecule has 1 N–H and O–H groups in total. The van der Waals surface area contributed by atoms with E-state index in [2.05, 4.69) is 0 Å². The summed E-state index contributed by atoms with van der Waals surface area (Å²) in [5, 5.41) is 8.23. The first-order valence-electron chi connectivity index (χ1n) is 2.89. The van der Waals surface area contributed by atoms with Gasteiger partial charge in [0.25, 0.3) is 0 Å². The summed E-state index contributed by atoms with van der Waals surface area (Å²) in [7, 11) is 0. The van der Waals surface area contributed by atoms with E-state index in [0.29, 0.717) is 0 Å². The van der Waals surface area contributed by atoms with E-state index in [-0.39, 0.29) is 12.7 Å². The average molecular weight is 117 g/mol. The highest BCUT2D eigenvalue weighted by Crippen LogP contribution is 1.96. The number of rotatable bonds is 4. The molecule has 1 atom stereocenters. The summed E-state index contributed by atoms with van der Waals surface area (Å²) in [6.45, 7) is 5.42. The molecule has 0 aromatic carbocycles. The van der Waals surface area contributed by atoms with Gasteiger partial charge in [-0.05, 0) is 13.3 Å². The minimum atomic E-state index is 0.00431. The Balaban J connectivity index is 2.86. The van der Waals surface area contributed by atoms with Crippen molar-refractivity contribution in [2.45, 2.75) is 26.4 Å². The summed E-state index contributed by atoms with van der Waals surface area (Å²) in [6, 6.07) is 0. The first-order chi connectivity index (χ1) is 3.81. The van der Waals surface area contributed by atoms with Crippen molar-refractivity contribution in [3.63, 3.8) is 0 Å². The normalized spacial score (nSPS) is 13.9. The third-order valence-electron chi connectivity index (χ3n) is 0.978. The molecule has 0 aromatic heterocycles. The SMILES string of the molecule is CCC(C)O[CH]CO. The van der Waals surface area contributed by atoms with E-state index in [0.717, 1.165) is 6.42 Å². The van der Waals surface area contributed by atoms with Crippen molar-refractivity contribution < 1.29 is 9.84 Å². The van der Waals surface area contributed by atoms with Crippen LogP contribution in [0.15, 0.2) is 0 Å². The molecule has 0 fully saturated rings. The van der Waals surface area contributed by atoms with Gasteiger partial charge in [-0.3, -0.25) is 0 Å². The highest BCUT2D eigenvalue weighted by Gasteiger charge is 1.94. The van der Waals surface area contributed by atoms with Crippen LogP contribution < -0.4 is 0 Å². The zero-order chi connectivity index (χ0) is 6.41. The molecule has 0 amide bonds. The lowest BCUT2D eigenvalue weighted by Gasteiger charge is -2.06. The monoisotopic (exact) mass is 117 g/mol. The molecular formula is C6H13O2. The van der Waals surface area contributed by atoms with E-state index in [1.165, 1.54) is 6.61 Å². The summed E-state index contributed by atoms with van der Waals surface area (Å²) in [5.41, 5.74) is 0. The average Bonchev–Trinajstić information content (AvgIpc) is 1.83. The van der Waals surface area contributed by atoms with Crippen LogP contribution in [0.5, 0.6) is 0 Å².